The molecule has 6 heterocycles. The van der Waals surface area contributed by atoms with Crippen molar-refractivity contribution < 1.29 is 51.7 Å². The van der Waals surface area contributed by atoms with Crippen LogP contribution in [0.25, 0.3) is 0 Å². The lowest BCUT2D eigenvalue weighted by Crippen LogP contribution is -2.40. The van der Waals surface area contributed by atoms with Crippen LogP contribution in [0.5, 0.6) is 0 Å². The maximum Gasteiger partial charge on any atom is 0.235 e. The van der Waals surface area contributed by atoms with E-state index in [1.165, 1.54) is 0 Å². The third kappa shape index (κ3) is 69.6. The van der Waals surface area contributed by atoms with E-state index in [4.69, 9.17) is 0 Å². The molecule has 6 saturated heterocycles. The molecule has 0 aromatic carbocycles. The lowest BCUT2D eigenvalue weighted by Gasteiger charge is -2.10. The summed E-state index contributed by atoms with van der Waals surface area (Å²) in [5.41, 5.74) is 0. The van der Waals surface area contributed by atoms with Gasteiger partial charge in [0.05, 0.1) is 40.3 Å². The smallest absolute Gasteiger partial charge is 0.235 e. The highest BCUT2D eigenvalue weighted by molar-refractivity contribution is 7.92. The zero-order valence-corrected chi connectivity index (χ0v) is 43.5. The summed E-state index contributed by atoms with van der Waals surface area (Å²) in [6.45, 7) is 28.0. The highest BCUT2D eigenvalue weighted by Gasteiger charge is 2.21. The maximum absolute atomic E-state index is 10.7. The summed E-state index contributed by atoms with van der Waals surface area (Å²) < 4.78 is 106. The van der Waals surface area contributed by atoms with Gasteiger partial charge in [0.1, 0.15) is 31.2 Å². The van der Waals surface area contributed by atoms with Crippen LogP contribution >= 0.6 is 0 Å². The van der Waals surface area contributed by atoms with Crippen LogP contribution in [0.4, 0.5) is 0 Å². The first-order valence-electron chi connectivity index (χ1n) is 21.4. The molecule has 0 spiro atoms. The Morgan fingerprint density at radius 3 is 0.846 bits per heavy atom. The fraction of sp³-hybridized carbons (Fsp3) is 0.953. The number of hydrogen-bond acceptors (Lipinski definition) is 14. The van der Waals surface area contributed by atoms with Crippen molar-refractivity contribution >= 4 is 72.8 Å². The van der Waals surface area contributed by atoms with Crippen LogP contribution < -0.4 is 21.3 Å². The second-order valence-electron chi connectivity index (χ2n) is 11.2. The second-order valence-corrected chi connectivity index (χ2v) is 23.5. The summed E-state index contributed by atoms with van der Waals surface area (Å²) in [5.74, 6) is 4.09. The van der Waals surface area contributed by atoms with Gasteiger partial charge in [0.15, 0.2) is 19.7 Å². The first kappa shape index (κ1) is 93.9. The van der Waals surface area contributed by atoms with Crippen molar-refractivity contribution in [1.82, 2.24) is 21.3 Å². The number of carbonyl (C=O) groups excluding carboxylic acids is 2. The SMILES string of the molecule is C.C.C.C.C.C.CC.CC.CC.CC.CC.CC.O=C1CS(=O)(=O)CCN1.O=C1CS(=O)CCN1.O=S1(=O)CCCC1.O=S1(=O)CCCCC1.O=S1(=O)CCNCC1.O=S1CCNCC1. The first-order valence-corrected chi connectivity index (χ1v) is 31.6. The monoisotopic (exact) mass is 1070 g/mol. The van der Waals surface area contributed by atoms with E-state index in [9.17, 15) is 51.7 Å². The molecule has 6 aliphatic rings. The van der Waals surface area contributed by atoms with Gasteiger partial charge in [-0.2, -0.15) is 0 Å². The van der Waals surface area contributed by atoms with Gasteiger partial charge in [0.25, 0.3) is 0 Å². The molecule has 2 amide bonds. The molecule has 0 bridgehead atoms. The Bertz CT molecular complexity index is 1380. The van der Waals surface area contributed by atoms with Crippen molar-refractivity contribution in [3.8, 4) is 0 Å². The van der Waals surface area contributed by atoms with Gasteiger partial charge in [-0.05, 0) is 25.7 Å². The Kier molecular flexibility index (Phi) is 91.0. The Balaban J connectivity index is -0.0000000487. The minimum atomic E-state index is -3.04. The van der Waals surface area contributed by atoms with Gasteiger partial charge in [-0.15, -0.1) is 0 Å². The van der Waals surface area contributed by atoms with Crippen LogP contribution in [0.3, 0.4) is 0 Å². The molecular formula is C43H110N4O12S6. The standard InChI is InChI=1S/C5H10O2S.C4H7NO3S.C4H9NO2S.C4H7NO2S.C4H9NOS.C4H8O2S.6C2H6.6CH4/c6-8(7)4-2-1-3-5-8;6-4-3-9(7,8)2-1-5-4;6-8(7)3-1-5-2-4-8;6-4-3-8(7)2-1-5-4;6-7-3-1-5-2-4-7;5-7(6)3-1-2-4-7;6*1-2;;;;;;/h1-5H2;1-3H2,(H,5,6);5H,1-4H2;1-3H2,(H,5,6);5H,1-4H2;1-4H2;6*1-2H3;6*1H4. The molecule has 16 nitrogen and oxygen atoms in total. The van der Waals surface area contributed by atoms with Crippen molar-refractivity contribution in [3.05, 3.63) is 0 Å². The van der Waals surface area contributed by atoms with Crippen LogP contribution in [0.1, 0.15) is 160 Å². The molecule has 0 aliphatic carbocycles. The molecule has 1 unspecified atom stereocenters. The lowest BCUT2D eigenvalue weighted by atomic mass is 10.3. The summed E-state index contributed by atoms with van der Waals surface area (Å²) in [6.07, 6.45) is 4.61. The maximum atomic E-state index is 10.7. The lowest BCUT2D eigenvalue weighted by molar-refractivity contribution is -0.119. The van der Waals surface area contributed by atoms with Crippen molar-refractivity contribution in [2.75, 3.05) is 108 Å². The van der Waals surface area contributed by atoms with E-state index in [2.05, 4.69) is 21.3 Å². The van der Waals surface area contributed by atoms with Gasteiger partial charge in [-0.3, -0.25) is 18.0 Å². The average Bonchev–Trinajstić information content (AvgIpc) is 3.64. The summed E-state index contributed by atoms with van der Waals surface area (Å²) in [4.78, 5) is 20.8. The molecule has 0 aromatic heterocycles. The minimum Gasteiger partial charge on any atom is -0.354 e. The molecule has 4 N–H and O–H groups in total. The predicted octanol–water partition coefficient (Wildman–Crippen LogP) is 6.49. The normalized spacial score (nSPS) is 20.2. The largest absolute Gasteiger partial charge is 0.354 e. The van der Waals surface area contributed by atoms with Crippen molar-refractivity contribution in [2.24, 2.45) is 0 Å². The van der Waals surface area contributed by atoms with E-state index in [1.54, 1.807) is 0 Å². The number of rotatable bonds is 0. The Hall–Kier alpha value is -1.04. The molecule has 65 heavy (non-hydrogen) atoms. The fourth-order valence-corrected chi connectivity index (χ4v) is 11.2. The number of hydrogen-bond donors (Lipinski definition) is 4. The van der Waals surface area contributed by atoms with Crippen LogP contribution in [-0.2, 0) is 70.5 Å². The second kappa shape index (κ2) is 63.0. The third-order valence-corrected chi connectivity index (χ3v) is 16.2. The topological polar surface area (TPSA) is 253 Å². The zero-order chi connectivity index (χ0) is 47.4. The Labute approximate surface area is 411 Å². The van der Waals surface area contributed by atoms with Gasteiger partial charge in [0.2, 0.25) is 11.8 Å². The molecule has 6 aliphatic heterocycles. The van der Waals surface area contributed by atoms with Crippen molar-refractivity contribution in [3.63, 3.8) is 0 Å². The zero-order valence-electron chi connectivity index (χ0n) is 38.6. The van der Waals surface area contributed by atoms with Crippen LogP contribution in [-0.4, -0.2) is 162 Å². The average molecular weight is 1070 g/mol. The molecule has 0 saturated carbocycles. The van der Waals surface area contributed by atoms with Gasteiger partial charge in [0, 0.05) is 78.1 Å². The molecule has 410 valence electrons. The summed E-state index contributed by atoms with van der Waals surface area (Å²) in [5, 5.41) is 11.1. The van der Waals surface area contributed by atoms with Crippen LogP contribution in [0, 0.1) is 0 Å². The van der Waals surface area contributed by atoms with E-state index in [-0.39, 0.29) is 80.2 Å². The quantitative estimate of drug-likeness (QED) is 0.202. The van der Waals surface area contributed by atoms with Gasteiger partial charge in [-0.1, -0.05) is 134 Å². The van der Waals surface area contributed by atoms with Gasteiger partial charge >= 0.3 is 0 Å². The highest BCUT2D eigenvalue weighted by Crippen LogP contribution is 2.10. The van der Waals surface area contributed by atoms with Gasteiger partial charge < -0.3 is 21.3 Å². The van der Waals surface area contributed by atoms with E-state index in [0.717, 1.165) is 56.7 Å². The van der Waals surface area contributed by atoms with E-state index >= 15 is 0 Å². The fourth-order valence-electron chi connectivity index (χ4n) is 4.19. The third-order valence-electron chi connectivity index (χ3n) is 6.79. The molecule has 6 fully saturated rings. The molecule has 6 rings (SSSR count). The Morgan fingerprint density at radius 2 is 0.646 bits per heavy atom. The molecular weight excluding hydrogens is 957 g/mol. The van der Waals surface area contributed by atoms with E-state index < -0.39 is 60.9 Å². The predicted molar refractivity (Wildman–Crippen MR) is 294 cm³/mol. The highest BCUT2D eigenvalue weighted by atomic mass is 32.2. The molecule has 1 atom stereocenters. The number of carbonyl (C=O) groups is 2. The van der Waals surface area contributed by atoms with E-state index in [0.29, 0.717) is 59.9 Å². The van der Waals surface area contributed by atoms with Crippen LogP contribution in [0.15, 0.2) is 0 Å². The minimum absolute atomic E-state index is 0. The van der Waals surface area contributed by atoms with E-state index in [1.807, 2.05) is 83.1 Å². The summed E-state index contributed by atoms with van der Waals surface area (Å²) >= 11 is 0. The first-order chi connectivity index (χ1) is 27.9. The summed E-state index contributed by atoms with van der Waals surface area (Å²) in [6, 6.07) is 0. The number of sulfone groups is 4. The molecule has 22 heteroatoms. The summed E-state index contributed by atoms with van der Waals surface area (Å²) in [7, 11) is -12.2. The van der Waals surface area contributed by atoms with Crippen molar-refractivity contribution in [2.45, 2.75) is 160 Å². The number of nitrogens with one attached hydrogen (secondary N) is 4. The van der Waals surface area contributed by atoms with Crippen LogP contribution in [0.2, 0.25) is 0 Å². The molecule has 0 radical (unpaired) electrons. The molecule has 0 aromatic rings. The van der Waals surface area contributed by atoms with Gasteiger partial charge in [-0.25, -0.2) is 33.7 Å². The number of amides is 2. The Morgan fingerprint density at radius 1 is 0.354 bits per heavy atom. The van der Waals surface area contributed by atoms with Crippen molar-refractivity contribution in [1.29, 1.82) is 0 Å².